The first-order chi connectivity index (χ1) is 16.5. The molecule has 0 unspecified atom stereocenters. The molecule has 1 saturated heterocycles. The molecule has 0 saturated carbocycles. The van der Waals surface area contributed by atoms with E-state index >= 15 is 0 Å². The lowest BCUT2D eigenvalue weighted by Crippen LogP contribution is -2.35. The molecule has 0 radical (unpaired) electrons. The van der Waals surface area contributed by atoms with E-state index in [2.05, 4.69) is 0 Å². The van der Waals surface area contributed by atoms with E-state index in [0.717, 1.165) is 5.56 Å². The van der Waals surface area contributed by atoms with Gasteiger partial charge in [-0.25, -0.2) is 4.39 Å². The molecule has 0 spiro atoms. The lowest BCUT2D eigenvalue weighted by Gasteiger charge is -2.23. The van der Waals surface area contributed by atoms with Crippen LogP contribution in [0.1, 0.15) is 22.3 Å². The van der Waals surface area contributed by atoms with Crippen LogP contribution in [0.4, 0.5) is 4.39 Å². The summed E-state index contributed by atoms with van der Waals surface area (Å²) in [6.45, 7) is 1.54. The Morgan fingerprint density at radius 2 is 1.76 bits per heavy atom. The standard InChI is InChI=1S/C26H22ClFN2O4/c27-21-14-24-23(33-16-34-24)13-19(21)15-30-11-10-29(9-8-25(30)31)26(32)18-5-3-4-17(12-18)20-6-1-2-7-22(20)28/h1-7,12-14H,8-11,15-16H2. The van der Waals surface area contributed by atoms with Gasteiger partial charge in [-0.2, -0.15) is 0 Å². The van der Waals surface area contributed by atoms with Crippen LogP contribution in [0, 0.1) is 5.82 Å². The Hall–Kier alpha value is -3.58. The van der Waals surface area contributed by atoms with Gasteiger partial charge in [0, 0.05) is 54.8 Å². The van der Waals surface area contributed by atoms with Crippen LogP contribution in [0.2, 0.25) is 5.02 Å². The topological polar surface area (TPSA) is 59.1 Å². The molecule has 0 aliphatic carbocycles. The first-order valence-corrected chi connectivity index (χ1v) is 11.4. The summed E-state index contributed by atoms with van der Waals surface area (Å²) >= 11 is 6.39. The molecule has 0 bridgehead atoms. The van der Waals surface area contributed by atoms with Crippen molar-refractivity contribution in [3.63, 3.8) is 0 Å². The van der Waals surface area contributed by atoms with Crippen LogP contribution < -0.4 is 9.47 Å². The number of hydrogen-bond donors (Lipinski definition) is 0. The maximum Gasteiger partial charge on any atom is 0.253 e. The Balaban J connectivity index is 1.30. The summed E-state index contributed by atoms with van der Waals surface area (Å²) in [5.41, 5.74) is 2.29. The van der Waals surface area contributed by atoms with Gasteiger partial charge >= 0.3 is 0 Å². The number of hydrogen-bond acceptors (Lipinski definition) is 4. The van der Waals surface area contributed by atoms with E-state index in [1.165, 1.54) is 6.07 Å². The van der Waals surface area contributed by atoms with Crippen molar-refractivity contribution in [3.05, 3.63) is 82.6 Å². The minimum absolute atomic E-state index is 0.0517. The normalized spacial score (nSPS) is 15.4. The van der Waals surface area contributed by atoms with Crippen LogP contribution in [0.3, 0.4) is 0 Å². The van der Waals surface area contributed by atoms with Crippen LogP contribution in [-0.4, -0.2) is 48.0 Å². The summed E-state index contributed by atoms with van der Waals surface area (Å²) in [6, 6.07) is 16.9. The minimum Gasteiger partial charge on any atom is -0.454 e. The Kier molecular flexibility index (Phi) is 6.11. The number of ether oxygens (including phenoxy) is 2. The van der Waals surface area contributed by atoms with Gasteiger partial charge in [-0.05, 0) is 35.4 Å². The van der Waals surface area contributed by atoms with Crippen LogP contribution in [0.25, 0.3) is 11.1 Å². The number of benzene rings is 3. The number of rotatable bonds is 4. The average molecular weight is 481 g/mol. The van der Waals surface area contributed by atoms with Gasteiger partial charge in [0.05, 0.1) is 0 Å². The van der Waals surface area contributed by atoms with Crippen molar-refractivity contribution in [3.8, 4) is 22.6 Å². The molecular formula is C26H22ClFN2O4. The minimum atomic E-state index is -0.342. The zero-order chi connectivity index (χ0) is 23.7. The van der Waals surface area contributed by atoms with Gasteiger partial charge in [0.15, 0.2) is 11.5 Å². The number of amides is 2. The predicted octanol–water partition coefficient (Wildman–Crippen LogP) is 4.75. The van der Waals surface area contributed by atoms with Crippen molar-refractivity contribution in [2.45, 2.75) is 13.0 Å². The average Bonchev–Trinajstić information content (AvgIpc) is 3.21. The van der Waals surface area contributed by atoms with Crippen LogP contribution in [0.15, 0.2) is 60.7 Å². The highest BCUT2D eigenvalue weighted by Gasteiger charge is 2.26. The summed E-state index contributed by atoms with van der Waals surface area (Å²) < 4.78 is 25.0. The van der Waals surface area contributed by atoms with Gasteiger partial charge in [0.1, 0.15) is 5.82 Å². The molecular weight excluding hydrogens is 459 g/mol. The number of nitrogens with zero attached hydrogens (tertiary/aromatic N) is 2. The Bertz CT molecular complexity index is 1270. The van der Waals surface area contributed by atoms with Gasteiger partial charge in [0.2, 0.25) is 12.7 Å². The van der Waals surface area contributed by atoms with E-state index in [1.807, 2.05) is 0 Å². The number of carbonyl (C=O) groups excluding carboxylic acids is 2. The SMILES string of the molecule is O=C1CCN(C(=O)c2cccc(-c3ccccc3F)c2)CCN1Cc1cc2c(cc1Cl)OCO2. The molecule has 174 valence electrons. The summed E-state index contributed by atoms with van der Waals surface area (Å²) in [5, 5.41) is 0.499. The van der Waals surface area contributed by atoms with Gasteiger partial charge < -0.3 is 19.3 Å². The first kappa shape index (κ1) is 22.2. The first-order valence-electron chi connectivity index (χ1n) is 11.0. The molecule has 3 aromatic carbocycles. The number of carbonyl (C=O) groups is 2. The Labute approximate surface area is 201 Å². The van der Waals surface area contributed by atoms with E-state index in [-0.39, 0.29) is 30.8 Å². The molecule has 0 atom stereocenters. The molecule has 2 heterocycles. The largest absolute Gasteiger partial charge is 0.454 e. The van der Waals surface area contributed by atoms with Gasteiger partial charge in [-0.1, -0.05) is 41.9 Å². The molecule has 5 rings (SSSR count). The van der Waals surface area contributed by atoms with Crippen molar-refractivity contribution in [2.24, 2.45) is 0 Å². The second-order valence-electron chi connectivity index (χ2n) is 8.22. The third-order valence-electron chi connectivity index (χ3n) is 6.07. The molecule has 8 heteroatoms. The van der Waals surface area contributed by atoms with E-state index in [0.29, 0.717) is 59.4 Å². The predicted molar refractivity (Wildman–Crippen MR) is 125 cm³/mol. The zero-order valence-electron chi connectivity index (χ0n) is 18.3. The smallest absolute Gasteiger partial charge is 0.253 e. The van der Waals surface area contributed by atoms with Crippen molar-refractivity contribution >= 4 is 23.4 Å². The van der Waals surface area contributed by atoms with Crippen LogP contribution in [-0.2, 0) is 11.3 Å². The van der Waals surface area contributed by atoms with Crippen molar-refractivity contribution < 1.29 is 23.5 Å². The second-order valence-corrected chi connectivity index (χ2v) is 8.62. The van der Waals surface area contributed by atoms with Crippen LogP contribution in [0.5, 0.6) is 11.5 Å². The Morgan fingerprint density at radius 3 is 2.59 bits per heavy atom. The lowest BCUT2D eigenvalue weighted by molar-refractivity contribution is -0.130. The summed E-state index contributed by atoms with van der Waals surface area (Å²) in [7, 11) is 0. The third kappa shape index (κ3) is 4.43. The van der Waals surface area contributed by atoms with E-state index < -0.39 is 0 Å². The highest BCUT2D eigenvalue weighted by molar-refractivity contribution is 6.31. The zero-order valence-corrected chi connectivity index (χ0v) is 19.1. The number of halogens is 2. The van der Waals surface area contributed by atoms with E-state index in [9.17, 15) is 14.0 Å². The molecule has 3 aromatic rings. The monoisotopic (exact) mass is 480 g/mol. The maximum absolute atomic E-state index is 14.2. The second kappa shape index (κ2) is 9.35. The molecule has 2 aliphatic rings. The van der Waals surface area contributed by atoms with E-state index in [1.54, 1.807) is 64.4 Å². The summed E-state index contributed by atoms with van der Waals surface area (Å²) in [5.74, 6) is 0.613. The molecule has 34 heavy (non-hydrogen) atoms. The molecule has 1 fully saturated rings. The quantitative estimate of drug-likeness (QED) is 0.540. The molecule has 6 nitrogen and oxygen atoms in total. The fourth-order valence-corrected chi connectivity index (χ4v) is 4.43. The maximum atomic E-state index is 14.2. The molecule has 2 amide bonds. The van der Waals surface area contributed by atoms with Gasteiger partial charge in [-0.15, -0.1) is 0 Å². The highest BCUT2D eigenvalue weighted by Crippen LogP contribution is 2.37. The third-order valence-corrected chi connectivity index (χ3v) is 6.42. The summed E-state index contributed by atoms with van der Waals surface area (Å²) in [6.07, 6.45) is 0.209. The number of fused-ring (bicyclic) bond motifs is 1. The van der Waals surface area contributed by atoms with Crippen LogP contribution >= 0.6 is 11.6 Å². The fourth-order valence-electron chi connectivity index (χ4n) is 4.22. The van der Waals surface area contributed by atoms with E-state index in [4.69, 9.17) is 21.1 Å². The molecule has 0 N–H and O–H groups in total. The molecule has 0 aromatic heterocycles. The van der Waals surface area contributed by atoms with Crippen molar-refractivity contribution in [2.75, 3.05) is 26.4 Å². The van der Waals surface area contributed by atoms with Gasteiger partial charge in [-0.3, -0.25) is 9.59 Å². The summed E-state index contributed by atoms with van der Waals surface area (Å²) in [4.78, 5) is 29.4. The molecule has 2 aliphatic heterocycles. The highest BCUT2D eigenvalue weighted by atomic mass is 35.5. The van der Waals surface area contributed by atoms with Crippen molar-refractivity contribution in [1.29, 1.82) is 0 Å². The van der Waals surface area contributed by atoms with Crippen molar-refractivity contribution in [1.82, 2.24) is 9.80 Å². The Morgan fingerprint density at radius 1 is 0.971 bits per heavy atom. The fraction of sp³-hybridized carbons (Fsp3) is 0.231. The lowest BCUT2D eigenvalue weighted by atomic mass is 10.0. The van der Waals surface area contributed by atoms with Gasteiger partial charge in [0.25, 0.3) is 5.91 Å².